The Balaban J connectivity index is 2.70. The number of amides is 1. The van der Waals surface area contributed by atoms with Crippen LogP contribution >= 0.6 is 0 Å². The molecule has 1 heterocycles. The lowest BCUT2D eigenvalue weighted by Gasteiger charge is -2.21. The molecule has 112 valence electrons. The van der Waals surface area contributed by atoms with Gasteiger partial charge in [0.15, 0.2) is 0 Å². The van der Waals surface area contributed by atoms with Gasteiger partial charge in [0.05, 0.1) is 5.69 Å². The number of hydrogen-bond acceptors (Lipinski definition) is 4. The van der Waals surface area contributed by atoms with Gasteiger partial charge in [-0.3, -0.25) is 4.68 Å². The van der Waals surface area contributed by atoms with E-state index in [-0.39, 0.29) is 6.42 Å². The zero-order valence-electron chi connectivity index (χ0n) is 12.4. The Hall–Kier alpha value is -2.05. The van der Waals surface area contributed by atoms with Crippen molar-refractivity contribution in [1.82, 2.24) is 15.1 Å². The van der Waals surface area contributed by atoms with Crippen LogP contribution in [0.1, 0.15) is 32.2 Å². The number of aliphatic carboxylic acids is 1. The van der Waals surface area contributed by atoms with Crippen LogP contribution in [0.15, 0.2) is 6.07 Å². The molecule has 0 fully saturated rings. The number of aryl methyl sites for hydroxylation is 2. The van der Waals surface area contributed by atoms with Gasteiger partial charge < -0.3 is 15.2 Å². The van der Waals surface area contributed by atoms with Crippen molar-refractivity contribution in [3.63, 3.8) is 0 Å². The summed E-state index contributed by atoms with van der Waals surface area (Å²) in [5.74, 6) is -1.13. The summed E-state index contributed by atoms with van der Waals surface area (Å²) in [5, 5.41) is 15.7. The van der Waals surface area contributed by atoms with Gasteiger partial charge in [-0.1, -0.05) is 0 Å². The molecular formula is C13H21N3O4. The summed E-state index contributed by atoms with van der Waals surface area (Å²) in [6, 6.07) is 0.714. The summed E-state index contributed by atoms with van der Waals surface area (Å²) in [6.07, 6.45) is -0.645. The van der Waals surface area contributed by atoms with E-state index in [4.69, 9.17) is 9.84 Å². The average Bonchev–Trinajstić information content (AvgIpc) is 2.54. The van der Waals surface area contributed by atoms with E-state index < -0.39 is 23.7 Å². The smallest absolute Gasteiger partial charge is 0.408 e. The molecule has 1 atom stereocenters. The first kappa shape index (κ1) is 16.0. The van der Waals surface area contributed by atoms with Gasteiger partial charge in [0.2, 0.25) is 0 Å². The van der Waals surface area contributed by atoms with Gasteiger partial charge >= 0.3 is 12.1 Å². The predicted molar refractivity (Wildman–Crippen MR) is 72.4 cm³/mol. The number of aromatic nitrogens is 2. The van der Waals surface area contributed by atoms with Crippen LogP contribution in [-0.2, 0) is 23.0 Å². The van der Waals surface area contributed by atoms with Crippen LogP contribution < -0.4 is 5.32 Å². The Bertz CT molecular complexity index is 483. The topological polar surface area (TPSA) is 93.4 Å². The van der Waals surface area contributed by atoms with Crippen LogP contribution in [0.5, 0.6) is 0 Å². The molecule has 0 aliphatic carbocycles. The highest BCUT2D eigenvalue weighted by Gasteiger charge is 2.25. The molecule has 0 aliphatic rings. The zero-order chi connectivity index (χ0) is 15.5. The SMILES string of the molecule is Cc1cc(CC(NC(=O)OC(C)(C)C)C(=O)O)nn1C. The first-order valence-corrected chi connectivity index (χ1v) is 6.30. The first-order valence-electron chi connectivity index (χ1n) is 6.30. The van der Waals surface area contributed by atoms with Crippen LogP contribution in [0.3, 0.4) is 0 Å². The molecule has 0 spiro atoms. The minimum Gasteiger partial charge on any atom is -0.480 e. The van der Waals surface area contributed by atoms with Crippen molar-refractivity contribution in [2.24, 2.45) is 7.05 Å². The van der Waals surface area contributed by atoms with Gasteiger partial charge in [-0.25, -0.2) is 9.59 Å². The summed E-state index contributed by atoms with van der Waals surface area (Å²) >= 11 is 0. The van der Waals surface area contributed by atoms with Gasteiger partial charge in [-0.05, 0) is 33.8 Å². The number of carboxylic acid groups (broad SMARTS) is 1. The number of carboxylic acids is 1. The molecule has 20 heavy (non-hydrogen) atoms. The maximum atomic E-state index is 11.6. The molecule has 0 aliphatic heterocycles. The Morgan fingerprint density at radius 2 is 2.10 bits per heavy atom. The molecule has 7 nitrogen and oxygen atoms in total. The van der Waals surface area contributed by atoms with E-state index in [9.17, 15) is 9.59 Å². The summed E-state index contributed by atoms with van der Waals surface area (Å²) in [6.45, 7) is 7.01. The van der Waals surface area contributed by atoms with Gasteiger partial charge in [-0.15, -0.1) is 0 Å². The Morgan fingerprint density at radius 1 is 1.50 bits per heavy atom. The molecule has 7 heteroatoms. The fourth-order valence-electron chi connectivity index (χ4n) is 1.59. The van der Waals surface area contributed by atoms with E-state index in [1.165, 1.54) is 0 Å². The van der Waals surface area contributed by atoms with Crippen molar-refractivity contribution in [2.75, 3.05) is 0 Å². The van der Waals surface area contributed by atoms with E-state index in [0.29, 0.717) is 5.69 Å². The average molecular weight is 283 g/mol. The molecule has 0 bridgehead atoms. The number of carbonyl (C=O) groups is 2. The summed E-state index contributed by atoms with van der Waals surface area (Å²) in [7, 11) is 1.77. The molecule has 1 rings (SSSR count). The lowest BCUT2D eigenvalue weighted by atomic mass is 10.1. The standard InChI is InChI=1S/C13H21N3O4/c1-8-6-9(15-16(8)5)7-10(11(17)18)14-12(19)20-13(2,3)4/h6,10H,7H2,1-5H3,(H,14,19)(H,17,18). The maximum absolute atomic E-state index is 11.6. The summed E-state index contributed by atoms with van der Waals surface area (Å²) in [4.78, 5) is 22.8. The Kier molecular flexibility index (Phi) is 4.75. The van der Waals surface area contributed by atoms with Crippen LogP contribution in [0.2, 0.25) is 0 Å². The monoisotopic (exact) mass is 283 g/mol. The number of hydrogen-bond donors (Lipinski definition) is 2. The molecule has 0 aromatic carbocycles. The van der Waals surface area contributed by atoms with Crippen LogP contribution in [0.4, 0.5) is 4.79 Å². The quantitative estimate of drug-likeness (QED) is 0.867. The molecule has 0 saturated carbocycles. The first-order chi connectivity index (χ1) is 9.08. The Morgan fingerprint density at radius 3 is 2.50 bits per heavy atom. The molecule has 1 unspecified atom stereocenters. The van der Waals surface area contributed by atoms with Gasteiger partial charge in [0.25, 0.3) is 0 Å². The zero-order valence-corrected chi connectivity index (χ0v) is 12.4. The summed E-state index contributed by atoms with van der Waals surface area (Å²) < 4.78 is 6.70. The third-order valence-electron chi connectivity index (χ3n) is 2.57. The molecule has 1 aromatic rings. The molecule has 1 aromatic heterocycles. The van der Waals surface area contributed by atoms with Crippen LogP contribution in [0, 0.1) is 6.92 Å². The van der Waals surface area contributed by atoms with E-state index >= 15 is 0 Å². The third-order valence-corrected chi connectivity index (χ3v) is 2.57. The maximum Gasteiger partial charge on any atom is 0.408 e. The number of rotatable bonds is 4. The molecule has 0 saturated heterocycles. The Labute approximate surface area is 117 Å². The molecule has 2 N–H and O–H groups in total. The fraction of sp³-hybridized carbons (Fsp3) is 0.615. The van der Waals surface area contributed by atoms with Crippen molar-refractivity contribution in [3.05, 3.63) is 17.5 Å². The minimum atomic E-state index is -1.13. The van der Waals surface area contributed by atoms with Gasteiger partial charge in [0.1, 0.15) is 11.6 Å². The van der Waals surface area contributed by atoms with E-state index in [1.54, 1.807) is 38.6 Å². The minimum absolute atomic E-state index is 0.107. The largest absolute Gasteiger partial charge is 0.480 e. The molecule has 1 amide bonds. The van der Waals surface area contributed by atoms with Gasteiger partial charge in [-0.2, -0.15) is 5.10 Å². The van der Waals surface area contributed by atoms with Crippen molar-refractivity contribution in [3.8, 4) is 0 Å². The van der Waals surface area contributed by atoms with Crippen molar-refractivity contribution in [2.45, 2.75) is 45.8 Å². The van der Waals surface area contributed by atoms with E-state index in [0.717, 1.165) is 5.69 Å². The highest BCUT2D eigenvalue weighted by Crippen LogP contribution is 2.09. The third kappa shape index (κ3) is 4.91. The second kappa shape index (κ2) is 5.94. The normalized spacial score (nSPS) is 12.8. The van der Waals surface area contributed by atoms with E-state index in [2.05, 4.69) is 10.4 Å². The van der Waals surface area contributed by atoms with Crippen LogP contribution in [0.25, 0.3) is 0 Å². The van der Waals surface area contributed by atoms with Crippen molar-refractivity contribution in [1.29, 1.82) is 0 Å². The van der Waals surface area contributed by atoms with E-state index in [1.807, 2.05) is 6.92 Å². The lowest BCUT2D eigenvalue weighted by Crippen LogP contribution is -2.44. The van der Waals surface area contributed by atoms with Gasteiger partial charge in [0, 0.05) is 19.2 Å². The second-order valence-electron chi connectivity index (χ2n) is 5.64. The summed E-state index contributed by atoms with van der Waals surface area (Å²) in [5.41, 5.74) is 0.851. The second-order valence-corrected chi connectivity index (χ2v) is 5.64. The predicted octanol–water partition coefficient (Wildman–Crippen LogP) is 1.25. The highest BCUT2D eigenvalue weighted by molar-refractivity contribution is 5.80. The lowest BCUT2D eigenvalue weighted by molar-refractivity contribution is -0.139. The molecule has 0 radical (unpaired) electrons. The molecular weight excluding hydrogens is 262 g/mol. The number of ether oxygens (including phenoxy) is 1. The fourth-order valence-corrected chi connectivity index (χ4v) is 1.59. The number of alkyl carbamates (subject to hydrolysis) is 1. The number of nitrogens with zero attached hydrogens (tertiary/aromatic N) is 2. The van der Waals surface area contributed by atoms with Crippen molar-refractivity contribution >= 4 is 12.1 Å². The van der Waals surface area contributed by atoms with Crippen molar-refractivity contribution < 1.29 is 19.4 Å². The number of nitrogens with one attached hydrogen (secondary N) is 1. The number of carbonyl (C=O) groups excluding carboxylic acids is 1. The highest BCUT2D eigenvalue weighted by atomic mass is 16.6. The van der Waals surface area contributed by atoms with Crippen LogP contribution in [-0.4, -0.2) is 38.6 Å².